The van der Waals surface area contributed by atoms with Gasteiger partial charge in [0.1, 0.15) is 0 Å². The van der Waals surface area contributed by atoms with Crippen LogP contribution in [-0.2, 0) is 13.1 Å². The Bertz CT molecular complexity index is 757. The third-order valence-electron chi connectivity index (χ3n) is 3.59. The molecule has 0 radical (unpaired) electrons. The lowest BCUT2D eigenvalue weighted by Gasteiger charge is -2.14. The summed E-state index contributed by atoms with van der Waals surface area (Å²) in [7, 11) is 4.95. The highest BCUT2D eigenvalue weighted by atomic mass is 127. The van der Waals surface area contributed by atoms with Gasteiger partial charge in [-0.25, -0.2) is 0 Å². The molecule has 0 unspecified atom stereocenters. The van der Waals surface area contributed by atoms with E-state index in [-0.39, 0.29) is 24.0 Å². The number of halogens is 3. The van der Waals surface area contributed by atoms with E-state index in [4.69, 9.17) is 32.7 Å². The molecule has 0 saturated carbocycles. The molecule has 0 fully saturated rings. The molecule has 0 aliphatic heterocycles. The first-order valence-corrected chi connectivity index (χ1v) is 8.42. The van der Waals surface area contributed by atoms with Crippen LogP contribution in [0.5, 0.6) is 11.5 Å². The van der Waals surface area contributed by atoms with E-state index in [0.717, 1.165) is 11.1 Å². The largest absolute Gasteiger partial charge is 0.493 e. The van der Waals surface area contributed by atoms with Crippen LogP contribution in [0.2, 0.25) is 10.0 Å². The number of benzene rings is 2. The number of hydrogen-bond donors (Lipinski definition) is 2. The highest BCUT2D eigenvalue weighted by molar-refractivity contribution is 14.0. The van der Waals surface area contributed by atoms with E-state index in [1.165, 1.54) is 0 Å². The zero-order valence-electron chi connectivity index (χ0n) is 14.8. The lowest BCUT2D eigenvalue weighted by molar-refractivity contribution is 0.354. The lowest BCUT2D eigenvalue weighted by Crippen LogP contribution is -2.36. The Morgan fingerprint density at radius 2 is 1.65 bits per heavy atom. The van der Waals surface area contributed by atoms with E-state index in [0.29, 0.717) is 40.6 Å². The number of nitrogens with zero attached hydrogens (tertiary/aromatic N) is 1. The van der Waals surface area contributed by atoms with Crippen LogP contribution in [0.1, 0.15) is 11.1 Å². The number of hydrogen-bond acceptors (Lipinski definition) is 3. The second-order valence-electron chi connectivity index (χ2n) is 5.20. The van der Waals surface area contributed by atoms with Gasteiger partial charge >= 0.3 is 0 Å². The molecular weight excluding hydrogens is 488 g/mol. The van der Waals surface area contributed by atoms with Crippen LogP contribution in [0.25, 0.3) is 0 Å². The van der Waals surface area contributed by atoms with Crippen LogP contribution in [-0.4, -0.2) is 27.2 Å². The van der Waals surface area contributed by atoms with Crippen LogP contribution in [0.3, 0.4) is 0 Å². The quantitative estimate of drug-likeness (QED) is 0.342. The maximum atomic E-state index is 6.18. The number of rotatable bonds is 6. The number of aliphatic imine (C=N–C) groups is 1. The van der Waals surface area contributed by atoms with E-state index < -0.39 is 0 Å². The minimum absolute atomic E-state index is 0. The molecule has 0 saturated heterocycles. The van der Waals surface area contributed by atoms with Crippen LogP contribution in [0.4, 0.5) is 0 Å². The maximum absolute atomic E-state index is 6.18. The fraction of sp³-hybridized carbons (Fsp3) is 0.278. The molecule has 0 aliphatic carbocycles. The Kier molecular flexibility index (Phi) is 9.90. The summed E-state index contributed by atoms with van der Waals surface area (Å²) in [5, 5.41) is 7.71. The Labute approximate surface area is 181 Å². The molecule has 0 aromatic heterocycles. The van der Waals surface area contributed by atoms with Crippen LogP contribution in [0, 0.1) is 0 Å². The summed E-state index contributed by atoms with van der Waals surface area (Å²) < 4.78 is 10.6. The van der Waals surface area contributed by atoms with Crippen molar-refractivity contribution >= 4 is 53.1 Å². The van der Waals surface area contributed by atoms with Gasteiger partial charge in [0.25, 0.3) is 0 Å². The maximum Gasteiger partial charge on any atom is 0.191 e. The molecule has 0 heterocycles. The Hall–Kier alpha value is -1.38. The van der Waals surface area contributed by atoms with Crippen molar-refractivity contribution in [2.75, 3.05) is 21.3 Å². The van der Waals surface area contributed by atoms with Gasteiger partial charge in [0.05, 0.1) is 14.2 Å². The summed E-state index contributed by atoms with van der Waals surface area (Å²) in [6, 6.07) is 11.2. The predicted octanol–water partition coefficient (Wildman–Crippen LogP) is 4.49. The van der Waals surface area contributed by atoms with Crippen molar-refractivity contribution in [3.05, 3.63) is 57.6 Å². The van der Waals surface area contributed by atoms with Gasteiger partial charge in [-0.05, 0) is 35.4 Å². The second-order valence-corrected chi connectivity index (χ2v) is 6.05. The standard InChI is InChI=1S/C18H21Cl2N3O2.HI/c1-21-18(23-11-13-5-6-14(19)9-15(13)20)22-10-12-4-7-16(24-2)17(8-12)25-3;/h4-9H,10-11H2,1-3H3,(H2,21,22,23);1H. The fourth-order valence-electron chi connectivity index (χ4n) is 2.24. The summed E-state index contributed by atoms with van der Waals surface area (Å²) in [5.74, 6) is 2.06. The number of methoxy groups -OCH3 is 2. The molecular formula is C18H22Cl2IN3O2. The third kappa shape index (κ3) is 6.41. The molecule has 0 atom stereocenters. The van der Waals surface area contributed by atoms with Gasteiger partial charge in [-0.15, -0.1) is 24.0 Å². The first-order chi connectivity index (χ1) is 12.1. The van der Waals surface area contributed by atoms with Crippen molar-refractivity contribution in [3.8, 4) is 11.5 Å². The monoisotopic (exact) mass is 509 g/mol. The van der Waals surface area contributed by atoms with E-state index in [2.05, 4.69) is 15.6 Å². The summed E-state index contributed by atoms with van der Waals surface area (Å²) in [6.45, 7) is 1.13. The van der Waals surface area contributed by atoms with E-state index in [9.17, 15) is 0 Å². The Balaban J connectivity index is 0.00000338. The molecule has 0 bridgehead atoms. The molecule has 0 aliphatic rings. The average Bonchev–Trinajstić information content (AvgIpc) is 2.62. The fourth-order valence-corrected chi connectivity index (χ4v) is 2.72. The Morgan fingerprint density at radius 3 is 2.27 bits per heavy atom. The molecule has 8 heteroatoms. The zero-order chi connectivity index (χ0) is 18.2. The van der Waals surface area contributed by atoms with Gasteiger partial charge in [0.2, 0.25) is 0 Å². The van der Waals surface area contributed by atoms with Crippen molar-refractivity contribution in [2.24, 2.45) is 4.99 Å². The zero-order valence-corrected chi connectivity index (χ0v) is 18.6. The number of nitrogens with one attached hydrogen (secondary N) is 2. The van der Waals surface area contributed by atoms with Crippen molar-refractivity contribution in [2.45, 2.75) is 13.1 Å². The van der Waals surface area contributed by atoms with E-state index in [1.54, 1.807) is 27.3 Å². The molecule has 142 valence electrons. The van der Waals surface area contributed by atoms with Gasteiger partial charge in [-0.3, -0.25) is 4.99 Å². The number of ether oxygens (including phenoxy) is 2. The van der Waals surface area contributed by atoms with Crippen molar-refractivity contribution < 1.29 is 9.47 Å². The minimum Gasteiger partial charge on any atom is -0.493 e. The first-order valence-electron chi connectivity index (χ1n) is 7.66. The molecule has 2 aromatic carbocycles. The summed E-state index contributed by atoms with van der Waals surface area (Å²) in [5.41, 5.74) is 1.99. The van der Waals surface area contributed by atoms with E-state index >= 15 is 0 Å². The normalized spacial score (nSPS) is 10.7. The molecule has 2 aromatic rings. The number of guanidine groups is 1. The average molecular weight is 510 g/mol. The minimum atomic E-state index is 0. The Morgan fingerprint density at radius 1 is 0.962 bits per heavy atom. The van der Waals surface area contributed by atoms with Gasteiger partial charge in [0.15, 0.2) is 17.5 Å². The van der Waals surface area contributed by atoms with Crippen molar-refractivity contribution in [1.29, 1.82) is 0 Å². The molecule has 26 heavy (non-hydrogen) atoms. The van der Waals surface area contributed by atoms with Gasteiger partial charge in [0, 0.05) is 30.2 Å². The van der Waals surface area contributed by atoms with Gasteiger partial charge < -0.3 is 20.1 Å². The molecule has 5 nitrogen and oxygen atoms in total. The summed E-state index contributed by atoms with van der Waals surface area (Å²) in [4.78, 5) is 4.21. The molecule has 2 N–H and O–H groups in total. The summed E-state index contributed by atoms with van der Waals surface area (Å²) >= 11 is 12.1. The van der Waals surface area contributed by atoms with Crippen LogP contribution in [0.15, 0.2) is 41.4 Å². The van der Waals surface area contributed by atoms with Gasteiger partial charge in [-0.1, -0.05) is 35.3 Å². The highest BCUT2D eigenvalue weighted by Crippen LogP contribution is 2.27. The predicted molar refractivity (Wildman–Crippen MR) is 118 cm³/mol. The molecule has 2 rings (SSSR count). The van der Waals surface area contributed by atoms with Gasteiger partial charge in [-0.2, -0.15) is 0 Å². The smallest absolute Gasteiger partial charge is 0.191 e. The highest BCUT2D eigenvalue weighted by Gasteiger charge is 2.06. The van der Waals surface area contributed by atoms with Crippen LogP contribution < -0.4 is 20.1 Å². The molecule has 0 amide bonds. The first kappa shape index (κ1) is 22.7. The van der Waals surface area contributed by atoms with Crippen molar-refractivity contribution in [1.82, 2.24) is 10.6 Å². The topological polar surface area (TPSA) is 54.9 Å². The second kappa shape index (κ2) is 11.4. The third-order valence-corrected chi connectivity index (χ3v) is 4.18. The SMILES string of the molecule is CN=C(NCc1ccc(OC)c(OC)c1)NCc1ccc(Cl)cc1Cl.I. The summed E-state index contributed by atoms with van der Waals surface area (Å²) in [6.07, 6.45) is 0. The van der Waals surface area contributed by atoms with Crippen molar-refractivity contribution in [3.63, 3.8) is 0 Å². The molecule has 0 spiro atoms. The van der Waals surface area contributed by atoms with Crippen LogP contribution >= 0.6 is 47.2 Å². The van der Waals surface area contributed by atoms with E-state index in [1.807, 2.05) is 30.3 Å². The lowest BCUT2D eigenvalue weighted by atomic mass is 10.2.